The molecular weight excluding hydrogens is 314 g/mol. The molecule has 21 heavy (non-hydrogen) atoms. The fourth-order valence-corrected chi connectivity index (χ4v) is 3.15. The number of hydrogen-bond donors (Lipinski definition) is 0. The van der Waals surface area contributed by atoms with Crippen LogP contribution in [0.4, 0.5) is 4.39 Å². The third kappa shape index (κ3) is 3.03. The first-order valence-electron chi connectivity index (χ1n) is 7.13. The molecule has 0 aliphatic carbocycles. The van der Waals surface area contributed by atoms with Crippen molar-refractivity contribution in [3.05, 3.63) is 28.8 Å². The van der Waals surface area contributed by atoms with Gasteiger partial charge in [0.1, 0.15) is 11.6 Å². The summed E-state index contributed by atoms with van der Waals surface area (Å²) in [6, 6.07) is 3.02. The van der Waals surface area contributed by atoms with Gasteiger partial charge in [-0.2, -0.15) is 0 Å². The van der Waals surface area contributed by atoms with E-state index in [0.29, 0.717) is 11.4 Å². The van der Waals surface area contributed by atoms with Crippen molar-refractivity contribution in [3.8, 4) is 0 Å². The molecule has 2 aromatic rings. The van der Waals surface area contributed by atoms with E-state index in [-0.39, 0.29) is 10.4 Å². The van der Waals surface area contributed by atoms with E-state index in [9.17, 15) is 4.39 Å². The van der Waals surface area contributed by atoms with Gasteiger partial charge >= 0.3 is 0 Å². The van der Waals surface area contributed by atoms with Crippen molar-refractivity contribution < 1.29 is 9.13 Å². The highest BCUT2D eigenvalue weighted by atomic mass is 35.5. The van der Waals surface area contributed by atoms with Crippen molar-refractivity contribution in [1.29, 1.82) is 0 Å². The number of ether oxygens (including phenoxy) is 1. The summed E-state index contributed by atoms with van der Waals surface area (Å²) in [5, 5.41) is -0.147. The van der Waals surface area contributed by atoms with Crippen LogP contribution in [0.25, 0.3) is 11.0 Å². The van der Waals surface area contributed by atoms with Gasteiger partial charge in [0.2, 0.25) is 0 Å². The Balaban J connectivity index is 2.04. The predicted octanol–water partition coefficient (Wildman–Crippen LogP) is 4.56. The van der Waals surface area contributed by atoms with E-state index in [1.54, 1.807) is 6.07 Å². The molecule has 2 heterocycles. The molecular formula is C15H17Cl2FN2O. The quantitative estimate of drug-likeness (QED) is 0.771. The minimum Gasteiger partial charge on any atom is -0.381 e. The molecule has 1 fully saturated rings. The van der Waals surface area contributed by atoms with Crippen molar-refractivity contribution in [3.63, 3.8) is 0 Å². The summed E-state index contributed by atoms with van der Waals surface area (Å²) in [6.07, 6.45) is 2.01. The van der Waals surface area contributed by atoms with Crippen LogP contribution in [0.1, 0.15) is 31.0 Å². The zero-order valence-corrected chi connectivity index (χ0v) is 13.3. The Hall–Kier alpha value is -0.840. The van der Waals surface area contributed by atoms with E-state index in [4.69, 9.17) is 27.9 Å². The molecule has 114 valence electrons. The molecule has 0 radical (unpaired) electrons. The van der Waals surface area contributed by atoms with Crippen molar-refractivity contribution in [2.45, 2.75) is 31.7 Å². The Morgan fingerprint density at radius 3 is 2.81 bits per heavy atom. The second-order valence-electron chi connectivity index (χ2n) is 5.51. The van der Waals surface area contributed by atoms with Gasteiger partial charge in [0.15, 0.2) is 0 Å². The van der Waals surface area contributed by atoms with Gasteiger partial charge in [-0.05, 0) is 31.7 Å². The Bertz CT molecular complexity index is 651. The highest BCUT2D eigenvalue weighted by molar-refractivity contribution is 6.31. The Morgan fingerprint density at radius 2 is 2.14 bits per heavy atom. The summed E-state index contributed by atoms with van der Waals surface area (Å²) in [7, 11) is 0. The zero-order chi connectivity index (χ0) is 15.0. The monoisotopic (exact) mass is 330 g/mol. The molecule has 1 aromatic carbocycles. The van der Waals surface area contributed by atoms with E-state index in [0.717, 1.165) is 43.9 Å². The van der Waals surface area contributed by atoms with Crippen molar-refractivity contribution in [1.82, 2.24) is 9.55 Å². The molecule has 0 bridgehead atoms. The molecule has 1 aliphatic heterocycles. The van der Waals surface area contributed by atoms with Gasteiger partial charge in [0.05, 0.1) is 21.4 Å². The molecule has 1 saturated heterocycles. The van der Waals surface area contributed by atoms with E-state index in [2.05, 4.69) is 4.98 Å². The summed E-state index contributed by atoms with van der Waals surface area (Å²) < 4.78 is 21.2. The lowest BCUT2D eigenvalue weighted by atomic mass is 10.0. The van der Waals surface area contributed by atoms with Gasteiger partial charge < -0.3 is 9.30 Å². The lowest BCUT2D eigenvalue weighted by Gasteiger charge is -2.24. The van der Waals surface area contributed by atoms with E-state index in [1.807, 2.05) is 11.5 Å². The largest absolute Gasteiger partial charge is 0.381 e. The SMILES string of the molecule is CC(Cl)c1nc2cc(Cl)c(F)cc2n1CC1CCOCC1. The van der Waals surface area contributed by atoms with Crippen molar-refractivity contribution >= 4 is 34.2 Å². The molecule has 3 nitrogen and oxygen atoms in total. The summed E-state index contributed by atoms with van der Waals surface area (Å²) in [6.45, 7) is 4.22. The summed E-state index contributed by atoms with van der Waals surface area (Å²) in [5.74, 6) is 0.843. The smallest absolute Gasteiger partial charge is 0.144 e. The maximum Gasteiger partial charge on any atom is 0.144 e. The van der Waals surface area contributed by atoms with Gasteiger partial charge in [-0.3, -0.25) is 0 Å². The average Bonchev–Trinajstić information content (AvgIpc) is 2.79. The number of alkyl halides is 1. The fourth-order valence-electron chi connectivity index (χ4n) is 2.82. The van der Waals surface area contributed by atoms with Crippen molar-refractivity contribution in [2.75, 3.05) is 13.2 Å². The molecule has 0 N–H and O–H groups in total. The van der Waals surface area contributed by atoms with Crippen molar-refractivity contribution in [2.24, 2.45) is 5.92 Å². The Morgan fingerprint density at radius 1 is 1.43 bits per heavy atom. The normalized spacial score (nSPS) is 18.3. The average molecular weight is 331 g/mol. The van der Waals surface area contributed by atoms with Crippen LogP contribution >= 0.6 is 23.2 Å². The number of aromatic nitrogens is 2. The lowest BCUT2D eigenvalue weighted by Crippen LogP contribution is -2.21. The topological polar surface area (TPSA) is 27.1 Å². The van der Waals surface area contributed by atoms with Gasteiger partial charge in [-0.1, -0.05) is 11.6 Å². The molecule has 0 amide bonds. The molecule has 1 atom stereocenters. The van der Waals surface area contributed by atoms with Crippen LogP contribution in [0.15, 0.2) is 12.1 Å². The maximum absolute atomic E-state index is 13.8. The van der Waals surface area contributed by atoms with Crippen LogP contribution in [0.5, 0.6) is 0 Å². The van der Waals surface area contributed by atoms with Gasteiger partial charge in [0.25, 0.3) is 0 Å². The molecule has 0 saturated carbocycles. The number of imidazole rings is 1. The van der Waals surface area contributed by atoms with Crippen LogP contribution in [-0.2, 0) is 11.3 Å². The van der Waals surface area contributed by atoms with Gasteiger partial charge in [-0.25, -0.2) is 9.37 Å². The first-order valence-corrected chi connectivity index (χ1v) is 7.94. The summed E-state index contributed by atoms with van der Waals surface area (Å²) >= 11 is 12.1. The third-order valence-electron chi connectivity index (χ3n) is 3.96. The second-order valence-corrected chi connectivity index (χ2v) is 6.57. The molecule has 1 aromatic heterocycles. The molecule has 6 heteroatoms. The predicted molar refractivity (Wildman–Crippen MR) is 82.5 cm³/mol. The Kier molecular flexibility index (Phi) is 4.38. The molecule has 1 unspecified atom stereocenters. The minimum absolute atomic E-state index is 0.0898. The number of fused-ring (bicyclic) bond motifs is 1. The van der Waals surface area contributed by atoms with Crippen LogP contribution < -0.4 is 0 Å². The standard InChI is InChI=1S/C15H17Cl2FN2O/c1-9(16)15-19-13-6-11(17)12(18)7-14(13)20(15)8-10-2-4-21-5-3-10/h6-7,9-10H,2-5,8H2,1H3. The van der Waals surface area contributed by atoms with Gasteiger partial charge in [0, 0.05) is 25.8 Å². The highest BCUT2D eigenvalue weighted by Gasteiger charge is 2.21. The first kappa shape index (κ1) is 15.1. The first-order chi connectivity index (χ1) is 10.1. The number of benzene rings is 1. The molecule has 1 aliphatic rings. The Labute approximate surface area is 133 Å². The van der Waals surface area contributed by atoms with Crippen LogP contribution in [0.3, 0.4) is 0 Å². The van der Waals surface area contributed by atoms with Crippen LogP contribution in [0, 0.1) is 11.7 Å². The lowest BCUT2D eigenvalue weighted by molar-refractivity contribution is 0.0613. The van der Waals surface area contributed by atoms with E-state index >= 15 is 0 Å². The van der Waals surface area contributed by atoms with E-state index in [1.165, 1.54) is 6.07 Å². The summed E-state index contributed by atoms with van der Waals surface area (Å²) in [4.78, 5) is 4.53. The maximum atomic E-state index is 13.8. The minimum atomic E-state index is -0.425. The molecule has 3 rings (SSSR count). The second kappa shape index (κ2) is 6.11. The highest BCUT2D eigenvalue weighted by Crippen LogP contribution is 2.30. The third-order valence-corrected chi connectivity index (χ3v) is 4.44. The fraction of sp³-hybridized carbons (Fsp3) is 0.533. The number of halogens is 3. The van der Waals surface area contributed by atoms with Crippen LogP contribution in [-0.4, -0.2) is 22.8 Å². The number of rotatable bonds is 3. The van der Waals surface area contributed by atoms with Gasteiger partial charge in [-0.15, -0.1) is 11.6 Å². The van der Waals surface area contributed by atoms with E-state index < -0.39 is 5.82 Å². The zero-order valence-electron chi connectivity index (χ0n) is 11.8. The number of hydrogen-bond acceptors (Lipinski definition) is 2. The summed E-state index contributed by atoms with van der Waals surface area (Å²) in [5.41, 5.74) is 1.45. The number of nitrogens with zero attached hydrogens (tertiary/aromatic N) is 2. The molecule has 0 spiro atoms. The van der Waals surface area contributed by atoms with Crippen LogP contribution in [0.2, 0.25) is 5.02 Å².